The van der Waals surface area contributed by atoms with Crippen LogP contribution in [0.4, 0.5) is 0 Å². The van der Waals surface area contributed by atoms with Crippen molar-refractivity contribution in [1.82, 2.24) is 9.88 Å². The number of carbonyl (C=O) groups excluding carboxylic acids is 1. The van der Waals surface area contributed by atoms with E-state index in [0.29, 0.717) is 11.4 Å². The summed E-state index contributed by atoms with van der Waals surface area (Å²) in [6.07, 6.45) is 4.18. The van der Waals surface area contributed by atoms with Crippen LogP contribution in [-0.2, 0) is 17.6 Å². The van der Waals surface area contributed by atoms with Crippen molar-refractivity contribution in [1.29, 1.82) is 0 Å². The fraction of sp³-hybridized carbons (Fsp3) is 0.391. The van der Waals surface area contributed by atoms with Crippen molar-refractivity contribution in [2.75, 3.05) is 13.1 Å². The molecule has 0 N–H and O–H groups in total. The van der Waals surface area contributed by atoms with Crippen molar-refractivity contribution >= 4 is 28.6 Å². The number of piperidine rings is 1. The van der Waals surface area contributed by atoms with Gasteiger partial charge in [-0.25, -0.2) is 4.98 Å². The van der Waals surface area contributed by atoms with Gasteiger partial charge in [-0.05, 0) is 55.0 Å². The van der Waals surface area contributed by atoms with Crippen molar-refractivity contribution < 1.29 is 9.21 Å². The molecule has 3 aromatic rings. The third-order valence-corrected chi connectivity index (χ3v) is 5.86. The summed E-state index contributed by atoms with van der Waals surface area (Å²) in [4.78, 5) is 19.2. The van der Waals surface area contributed by atoms with E-state index in [9.17, 15) is 4.79 Å². The third kappa shape index (κ3) is 4.22. The molecule has 0 aliphatic carbocycles. The molecule has 0 unspecified atom stereocenters. The largest absolute Gasteiger partial charge is 0.440 e. The van der Waals surface area contributed by atoms with Crippen LogP contribution in [0.15, 0.2) is 46.9 Å². The highest BCUT2D eigenvalue weighted by atomic mass is 35.5. The highest BCUT2D eigenvalue weighted by Gasteiger charge is 2.26. The van der Waals surface area contributed by atoms with Gasteiger partial charge in [0.1, 0.15) is 5.52 Å². The second-order valence-electron chi connectivity index (χ2n) is 7.49. The minimum Gasteiger partial charge on any atom is -0.440 e. The molecule has 4 rings (SSSR count). The molecule has 5 heteroatoms. The Morgan fingerprint density at radius 2 is 1.86 bits per heavy atom. The average Bonchev–Trinajstić information content (AvgIpc) is 3.15. The van der Waals surface area contributed by atoms with Gasteiger partial charge in [0.25, 0.3) is 0 Å². The van der Waals surface area contributed by atoms with E-state index in [-0.39, 0.29) is 11.8 Å². The van der Waals surface area contributed by atoms with E-state index >= 15 is 0 Å². The van der Waals surface area contributed by atoms with Crippen molar-refractivity contribution in [3.05, 3.63) is 64.5 Å². The van der Waals surface area contributed by atoms with Gasteiger partial charge in [-0.3, -0.25) is 4.79 Å². The van der Waals surface area contributed by atoms with E-state index in [2.05, 4.69) is 36.2 Å². The summed E-state index contributed by atoms with van der Waals surface area (Å²) in [5.74, 6) is 1.26. The Kier molecular flexibility index (Phi) is 5.67. The van der Waals surface area contributed by atoms with E-state index in [1.807, 2.05) is 23.1 Å². The topological polar surface area (TPSA) is 46.3 Å². The number of nitrogens with zero attached hydrogens (tertiary/aromatic N) is 2. The molecular formula is C23H25ClN2O2. The number of carbonyl (C=O) groups is 1. The summed E-state index contributed by atoms with van der Waals surface area (Å²) >= 11 is 6.03. The summed E-state index contributed by atoms with van der Waals surface area (Å²) in [6, 6.07) is 14.1. The number of halogens is 1. The summed E-state index contributed by atoms with van der Waals surface area (Å²) in [5, 5.41) is 0.664. The molecule has 0 saturated carbocycles. The Bertz CT molecular complexity index is 956. The van der Waals surface area contributed by atoms with Crippen LogP contribution in [-0.4, -0.2) is 28.9 Å². The van der Waals surface area contributed by atoms with E-state index in [0.717, 1.165) is 55.8 Å². The zero-order valence-corrected chi connectivity index (χ0v) is 16.9. The fourth-order valence-electron chi connectivity index (χ4n) is 3.82. The second-order valence-corrected chi connectivity index (χ2v) is 7.93. The number of hydrogen-bond acceptors (Lipinski definition) is 3. The van der Waals surface area contributed by atoms with Crippen LogP contribution in [0, 0.1) is 0 Å². The van der Waals surface area contributed by atoms with Gasteiger partial charge in [0.15, 0.2) is 11.5 Å². The van der Waals surface area contributed by atoms with Gasteiger partial charge in [0.2, 0.25) is 5.91 Å². The quantitative estimate of drug-likeness (QED) is 0.581. The van der Waals surface area contributed by atoms with Gasteiger partial charge >= 0.3 is 0 Å². The Hall–Kier alpha value is -2.33. The minimum atomic E-state index is 0.238. The van der Waals surface area contributed by atoms with Crippen molar-refractivity contribution in [2.24, 2.45) is 0 Å². The van der Waals surface area contributed by atoms with Gasteiger partial charge in [-0.2, -0.15) is 0 Å². The number of hydrogen-bond donors (Lipinski definition) is 0. The van der Waals surface area contributed by atoms with Crippen LogP contribution in [0.3, 0.4) is 0 Å². The molecule has 1 fully saturated rings. The molecule has 1 saturated heterocycles. The van der Waals surface area contributed by atoms with Gasteiger partial charge < -0.3 is 9.32 Å². The molecule has 0 spiro atoms. The predicted molar refractivity (Wildman–Crippen MR) is 112 cm³/mol. The van der Waals surface area contributed by atoms with Crippen LogP contribution < -0.4 is 0 Å². The number of amides is 1. The third-order valence-electron chi connectivity index (χ3n) is 5.62. The van der Waals surface area contributed by atoms with Crippen LogP contribution in [0.25, 0.3) is 11.1 Å². The lowest BCUT2D eigenvalue weighted by molar-refractivity contribution is -0.132. The first-order chi connectivity index (χ1) is 13.6. The summed E-state index contributed by atoms with van der Waals surface area (Å²) in [7, 11) is 0. The molecule has 1 amide bonds. The minimum absolute atomic E-state index is 0.238. The highest BCUT2D eigenvalue weighted by Crippen LogP contribution is 2.31. The molecule has 4 nitrogen and oxygen atoms in total. The van der Waals surface area contributed by atoms with Crippen LogP contribution >= 0.6 is 11.6 Å². The van der Waals surface area contributed by atoms with Crippen LogP contribution in [0.2, 0.25) is 5.02 Å². The zero-order valence-electron chi connectivity index (χ0n) is 16.2. The Morgan fingerprint density at radius 1 is 1.14 bits per heavy atom. The second kappa shape index (κ2) is 8.36. The number of rotatable bonds is 5. The standard InChI is InChI=1S/C23H25ClN2O2/c1-2-16-3-5-17(6-4-16)7-10-22(27)26-13-11-18(12-14-26)23-25-20-15-19(24)8-9-21(20)28-23/h3-6,8-9,15,18H,2,7,10-14H2,1H3. The first kappa shape index (κ1) is 19.0. The maximum Gasteiger partial charge on any atom is 0.222 e. The lowest BCUT2D eigenvalue weighted by Crippen LogP contribution is -2.38. The van der Waals surface area contributed by atoms with E-state index in [4.69, 9.17) is 16.0 Å². The molecular weight excluding hydrogens is 372 g/mol. The fourth-order valence-corrected chi connectivity index (χ4v) is 3.99. The highest BCUT2D eigenvalue weighted by molar-refractivity contribution is 6.31. The number of fused-ring (bicyclic) bond motifs is 1. The van der Waals surface area contributed by atoms with Crippen molar-refractivity contribution in [3.63, 3.8) is 0 Å². The Balaban J connectivity index is 1.30. The normalized spacial score (nSPS) is 15.3. The molecule has 1 aromatic heterocycles. The molecule has 0 atom stereocenters. The summed E-state index contributed by atoms with van der Waals surface area (Å²) in [5.41, 5.74) is 4.13. The molecule has 28 heavy (non-hydrogen) atoms. The van der Waals surface area contributed by atoms with Gasteiger partial charge in [-0.1, -0.05) is 42.8 Å². The SMILES string of the molecule is CCc1ccc(CCC(=O)N2CCC(c3nc4cc(Cl)ccc4o3)CC2)cc1. The number of aromatic nitrogens is 1. The monoisotopic (exact) mass is 396 g/mol. The molecule has 0 radical (unpaired) electrons. The number of oxazole rings is 1. The zero-order chi connectivity index (χ0) is 19.5. The van der Waals surface area contributed by atoms with Gasteiger partial charge in [-0.15, -0.1) is 0 Å². The summed E-state index contributed by atoms with van der Waals surface area (Å²) in [6.45, 7) is 3.67. The maximum atomic E-state index is 12.6. The van der Waals surface area contributed by atoms with Gasteiger partial charge in [0, 0.05) is 30.5 Å². The summed E-state index contributed by atoms with van der Waals surface area (Å²) < 4.78 is 5.91. The number of aryl methyl sites for hydroxylation is 2. The van der Waals surface area contributed by atoms with Crippen LogP contribution in [0.5, 0.6) is 0 Å². The smallest absolute Gasteiger partial charge is 0.222 e. The van der Waals surface area contributed by atoms with E-state index < -0.39 is 0 Å². The maximum absolute atomic E-state index is 12.6. The lowest BCUT2D eigenvalue weighted by Gasteiger charge is -2.30. The van der Waals surface area contributed by atoms with Crippen LogP contribution in [0.1, 0.15) is 49.1 Å². The lowest BCUT2D eigenvalue weighted by atomic mass is 9.96. The number of likely N-dealkylation sites (tertiary alicyclic amines) is 1. The van der Waals surface area contributed by atoms with E-state index in [1.165, 1.54) is 11.1 Å². The van der Waals surface area contributed by atoms with E-state index in [1.54, 1.807) is 0 Å². The average molecular weight is 397 g/mol. The molecule has 1 aliphatic heterocycles. The number of benzene rings is 2. The van der Waals surface area contributed by atoms with Crippen molar-refractivity contribution in [3.8, 4) is 0 Å². The predicted octanol–water partition coefficient (Wildman–Crippen LogP) is 5.38. The van der Waals surface area contributed by atoms with Crippen molar-refractivity contribution in [2.45, 2.75) is 44.9 Å². The Morgan fingerprint density at radius 3 is 2.57 bits per heavy atom. The molecule has 2 heterocycles. The first-order valence-corrected chi connectivity index (χ1v) is 10.4. The van der Waals surface area contributed by atoms with Gasteiger partial charge in [0.05, 0.1) is 0 Å². The molecule has 1 aliphatic rings. The Labute approximate surface area is 170 Å². The molecule has 0 bridgehead atoms. The molecule has 2 aromatic carbocycles. The first-order valence-electron chi connectivity index (χ1n) is 10.0. The molecule has 146 valence electrons.